The molecule has 0 fully saturated rings. The largest absolute Gasteiger partial charge is 0.280 e. The van der Waals surface area contributed by atoms with Gasteiger partial charge >= 0.3 is 0 Å². The van der Waals surface area contributed by atoms with Gasteiger partial charge in [0, 0.05) is 14.6 Å². The quantitative estimate of drug-likeness (QED) is 0.727. The molecule has 2 aromatic carbocycles. The summed E-state index contributed by atoms with van der Waals surface area (Å²) in [6, 6.07) is 12.4. The molecular formula is C15H15Br2NO2S. The fraction of sp³-hybridized carbons (Fsp3) is 0.200. The molecule has 0 bridgehead atoms. The van der Waals surface area contributed by atoms with Gasteiger partial charge in [-0.15, -0.1) is 0 Å². The molecule has 0 atom stereocenters. The molecule has 0 heterocycles. The molecule has 0 radical (unpaired) electrons. The number of hydrogen-bond acceptors (Lipinski definition) is 2. The van der Waals surface area contributed by atoms with Crippen molar-refractivity contribution in [2.75, 3.05) is 4.72 Å². The van der Waals surface area contributed by atoms with Crippen molar-refractivity contribution >= 4 is 47.6 Å². The highest BCUT2D eigenvalue weighted by molar-refractivity contribution is 9.11. The van der Waals surface area contributed by atoms with E-state index in [1.807, 2.05) is 18.2 Å². The second-order valence-corrected chi connectivity index (χ2v) is 8.38. The molecule has 0 aliphatic heterocycles. The minimum atomic E-state index is -3.62. The summed E-state index contributed by atoms with van der Waals surface area (Å²) < 4.78 is 28.9. The maximum absolute atomic E-state index is 12.5. The Labute approximate surface area is 142 Å². The number of sulfonamides is 1. The Hall–Kier alpha value is -0.850. The van der Waals surface area contributed by atoms with Gasteiger partial charge in [-0.1, -0.05) is 41.9 Å². The second kappa shape index (κ2) is 6.50. The Balaban J connectivity index is 2.35. The van der Waals surface area contributed by atoms with Crippen molar-refractivity contribution in [1.82, 2.24) is 0 Å². The number of rotatable bonds is 4. The Bertz CT molecular complexity index is 758. The predicted octanol–water partition coefficient (Wildman–Crippen LogP) is 5.14. The highest BCUT2D eigenvalue weighted by Gasteiger charge is 2.18. The van der Waals surface area contributed by atoms with E-state index in [0.29, 0.717) is 16.1 Å². The first kappa shape index (κ1) is 16.5. The van der Waals surface area contributed by atoms with Crippen molar-refractivity contribution in [3.05, 3.63) is 57.0 Å². The van der Waals surface area contributed by atoms with E-state index in [1.54, 1.807) is 24.3 Å². The number of nitrogens with one attached hydrogen (secondary N) is 1. The van der Waals surface area contributed by atoms with Crippen molar-refractivity contribution in [2.24, 2.45) is 0 Å². The third-order valence-corrected chi connectivity index (χ3v) is 5.84. The van der Waals surface area contributed by atoms with Crippen LogP contribution in [0.5, 0.6) is 0 Å². The zero-order valence-electron chi connectivity index (χ0n) is 11.6. The first-order valence-electron chi connectivity index (χ1n) is 6.37. The van der Waals surface area contributed by atoms with Crippen LogP contribution in [0.4, 0.5) is 5.69 Å². The van der Waals surface area contributed by atoms with Crippen molar-refractivity contribution in [2.45, 2.75) is 24.7 Å². The monoisotopic (exact) mass is 431 g/mol. The smallest absolute Gasteiger partial charge is 0.263 e. The predicted molar refractivity (Wildman–Crippen MR) is 93.2 cm³/mol. The van der Waals surface area contributed by atoms with Gasteiger partial charge < -0.3 is 0 Å². The van der Waals surface area contributed by atoms with Crippen LogP contribution in [-0.2, 0) is 10.0 Å². The van der Waals surface area contributed by atoms with Crippen LogP contribution in [0, 0.1) is 0 Å². The van der Waals surface area contributed by atoms with Gasteiger partial charge in [-0.3, -0.25) is 4.72 Å². The molecule has 0 saturated carbocycles. The fourth-order valence-corrected chi connectivity index (χ4v) is 4.66. The summed E-state index contributed by atoms with van der Waals surface area (Å²) in [5, 5.41) is 0. The number of halogens is 2. The summed E-state index contributed by atoms with van der Waals surface area (Å²) in [6.07, 6.45) is 0. The molecule has 21 heavy (non-hydrogen) atoms. The first-order valence-corrected chi connectivity index (χ1v) is 9.44. The Morgan fingerprint density at radius 1 is 1.05 bits per heavy atom. The van der Waals surface area contributed by atoms with Gasteiger partial charge in [-0.25, -0.2) is 8.42 Å². The van der Waals surface area contributed by atoms with E-state index in [2.05, 4.69) is 50.4 Å². The lowest BCUT2D eigenvalue weighted by molar-refractivity contribution is 0.600. The van der Waals surface area contributed by atoms with Crippen LogP contribution in [0.1, 0.15) is 25.3 Å². The third-order valence-electron chi connectivity index (χ3n) is 2.99. The maximum Gasteiger partial charge on any atom is 0.263 e. The van der Waals surface area contributed by atoms with Gasteiger partial charge in [0.2, 0.25) is 0 Å². The minimum Gasteiger partial charge on any atom is -0.280 e. The van der Waals surface area contributed by atoms with E-state index >= 15 is 0 Å². The highest BCUT2D eigenvalue weighted by Crippen LogP contribution is 2.28. The standard InChI is InChI=1S/C15H15Br2NO2S/c1-10(2)11-4-3-5-13(8-11)18-21(19,20)15-7-6-12(16)9-14(15)17/h3-10,18H,1-2H3. The molecule has 0 aromatic heterocycles. The average Bonchev–Trinajstić information content (AvgIpc) is 2.37. The van der Waals surface area contributed by atoms with Gasteiger partial charge in [0.15, 0.2) is 0 Å². The second-order valence-electron chi connectivity index (χ2n) is 4.96. The van der Waals surface area contributed by atoms with E-state index < -0.39 is 10.0 Å². The van der Waals surface area contributed by atoms with Crippen molar-refractivity contribution in [3.8, 4) is 0 Å². The van der Waals surface area contributed by atoms with E-state index in [1.165, 1.54) is 0 Å². The van der Waals surface area contributed by atoms with Gasteiger partial charge in [-0.2, -0.15) is 0 Å². The van der Waals surface area contributed by atoms with Crippen LogP contribution in [0.25, 0.3) is 0 Å². The van der Waals surface area contributed by atoms with Gasteiger partial charge in [-0.05, 0) is 57.7 Å². The fourth-order valence-electron chi connectivity index (χ4n) is 1.86. The molecular weight excluding hydrogens is 418 g/mol. The number of anilines is 1. The van der Waals surface area contributed by atoms with Crippen LogP contribution in [0.2, 0.25) is 0 Å². The van der Waals surface area contributed by atoms with Crippen molar-refractivity contribution < 1.29 is 8.42 Å². The summed E-state index contributed by atoms with van der Waals surface area (Å²) in [5.41, 5.74) is 1.65. The number of benzene rings is 2. The van der Waals surface area contributed by atoms with E-state index in [4.69, 9.17) is 0 Å². The normalized spacial score (nSPS) is 11.7. The molecule has 0 aliphatic carbocycles. The van der Waals surface area contributed by atoms with Crippen LogP contribution in [-0.4, -0.2) is 8.42 Å². The summed E-state index contributed by atoms with van der Waals surface area (Å²) in [7, 11) is -3.62. The van der Waals surface area contributed by atoms with Gasteiger partial charge in [0.05, 0.1) is 0 Å². The lowest BCUT2D eigenvalue weighted by Gasteiger charge is -2.12. The molecule has 0 aliphatic rings. The van der Waals surface area contributed by atoms with E-state index in [0.717, 1.165) is 10.0 Å². The van der Waals surface area contributed by atoms with E-state index in [-0.39, 0.29) is 4.90 Å². The zero-order chi connectivity index (χ0) is 15.6. The lowest BCUT2D eigenvalue weighted by atomic mass is 10.0. The SMILES string of the molecule is CC(C)c1cccc(NS(=O)(=O)c2ccc(Br)cc2Br)c1. The molecule has 0 saturated heterocycles. The minimum absolute atomic E-state index is 0.209. The molecule has 3 nitrogen and oxygen atoms in total. The third kappa shape index (κ3) is 4.08. The molecule has 2 rings (SSSR count). The molecule has 2 aromatic rings. The topological polar surface area (TPSA) is 46.2 Å². The molecule has 0 amide bonds. The van der Waals surface area contributed by atoms with Gasteiger partial charge in [0.25, 0.3) is 10.0 Å². The van der Waals surface area contributed by atoms with Gasteiger partial charge in [0.1, 0.15) is 4.90 Å². The van der Waals surface area contributed by atoms with Crippen LogP contribution in [0.3, 0.4) is 0 Å². The van der Waals surface area contributed by atoms with Crippen molar-refractivity contribution in [3.63, 3.8) is 0 Å². The average molecular weight is 433 g/mol. The van der Waals surface area contributed by atoms with Crippen molar-refractivity contribution in [1.29, 1.82) is 0 Å². The van der Waals surface area contributed by atoms with Crippen LogP contribution in [0.15, 0.2) is 56.3 Å². The molecule has 1 N–H and O–H groups in total. The Morgan fingerprint density at radius 3 is 2.38 bits per heavy atom. The Kier molecular flexibility index (Phi) is 5.11. The van der Waals surface area contributed by atoms with E-state index in [9.17, 15) is 8.42 Å². The molecule has 0 spiro atoms. The summed E-state index contributed by atoms with van der Waals surface area (Å²) in [4.78, 5) is 0.209. The highest BCUT2D eigenvalue weighted by atomic mass is 79.9. The Morgan fingerprint density at radius 2 is 1.76 bits per heavy atom. The van der Waals surface area contributed by atoms with Crippen LogP contribution < -0.4 is 4.72 Å². The summed E-state index contributed by atoms with van der Waals surface area (Å²) in [6.45, 7) is 4.14. The lowest BCUT2D eigenvalue weighted by Crippen LogP contribution is -2.13. The maximum atomic E-state index is 12.5. The first-order chi connectivity index (χ1) is 9.79. The molecule has 0 unspecified atom stereocenters. The molecule has 6 heteroatoms. The van der Waals surface area contributed by atoms with Crippen LogP contribution >= 0.6 is 31.9 Å². The molecule has 112 valence electrons. The zero-order valence-corrected chi connectivity index (χ0v) is 15.6. The summed E-state index contributed by atoms with van der Waals surface area (Å²) in [5.74, 6) is 0.342. The summed E-state index contributed by atoms with van der Waals surface area (Å²) >= 11 is 6.59. The number of hydrogen-bond donors (Lipinski definition) is 1.